The molecule has 5 nitrogen and oxygen atoms in total. The number of anilines is 1. The number of carbonyl (C=O) groups is 2. The molecule has 156 valence electrons. The van der Waals surface area contributed by atoms with Gasteiger partial charge in [0.05, 0.1) is 18.7 Å². The number of carbonyl (C=O) groups excluding carboxylic acids is 2. The highest BCUT2D eigenvalue weighted by Crippen LogP contribution is 2.42. The van der Waals surface area contributed by atoms with Gasteiger partial charge in [0.2, 0.25) is 0 Å². The van der Waals surface area contributed by atoms with Crippen molar-refractivity contribution in [2.75, 3.05) is 12.0 Å². The monoisotopic (exact) mass is 413 g/mol. The summed E-state index contributed by atoms with van der Waals surface area (Å²) < 4.78 is 5.21. The quantitative estimate of drug-likeness (QED) is 0.374. The van der Waals surface area contributed by atoms with E-state index in [1.54, 1.807) is 31.4 Å². The fourth-order valence-electron chi connectivity index (χ4n) is 3.93. The Morgan fingerprint density at radius 2 is 1.61 bits per heavy atom. The molecule has 1 N–H and O–H groups in total. The maximum Gasteiger partial charge on any atom is 0.300 e. The molecule has 1 atom stereocenters. The van der Waals surface area contributed by atoms with Crippen molar-refractivity contribution in [3.05, 3.63) is 101 Å². The largest absolute Gasteiger partial charge is 0.507 e. The Morgan fingerprint density at radius 3 is 2.26 bits per heavy atom. The normalized spacial score (nSPS) is 17.8. The van der Waals surface area contributed by atoms with Crippen molar-refractivity contribution in [1.29, 1.82) is 0 Å². The van der Waals surface area contributed by atoms with E-state index in [0.29, 0.717) is 17.0 Å². The second-order valence-corrected chi connectivity index (χ2v) is 7.60. The molecule has 1 fully saturated rings. The molecule has 1 saturated heterocycles. The van der Waals surface area contributed by atoms with Gasteiger partial charge in [-0.05, 0) is 55.3 Å². The number of amides is 1. The van der Waals surface area contributed by atoms with E-state index in [2.05, 4.69) is 0 Å². The summed E-state index contributed by atoms with van der Waals surface area (Å²) in [6, 6.07) is 21.1. The highest BCUT2D eigenvalue weighted by Gasteiger charge is 2.47. The van der Waals surface area contributed by atoms with Gasteiger partial charge in [-0.3, -0.25) is 14.5 Å². The number of ether oxygens (including phenoxy) is 1. The summed E-state index contributed by atoms with van der Waals surface area (Å²) in [5.74, 6) is -0.898. The molecule has 5 heteroatoms. The summed E-state index contributed by atoms with van der Waals surface area (Å²) in [6.45, 7) is 3.78. The third kappa shape index (κ3) is 3.59. The van der Waals surface area contributed by atoms with Crippen molar-refractivity contribution in [2.24, 2.45) is 0 Å². The molecule has 0 aromatic heterocycles. The van der Waals surface area contributed by atoms with Crippen molar-refractivity contribution in [2.45, 2.75) is 19.9 Å². The molecular formula is C26H23NO4. The highest BCUT2D eigenvalue weighted by molar-refractivity contribution is 6.51. The number of aliphatic hydroxyl groups is 1. The Kier molecular flexibility index (Phi) is 5.34. The lowest BCUT2D eigenvalue weighted by Gasteiger charge is -2.25. The van der Waals surface area contributed by atoms with Crippen molar-refractivity contribution in [3.8, 4) is 5.75 Å². The topological polar surface area (TPSA) is 66.8 Å². The van der Waals surface area contributed by atoms with Crippen molar-refractivity contribution >= 4 is 23.1 Å². The Morgan fingerprint density at radius 1 is 0.935 bits per heavy atom. The molecule has 0 spiro atoms. The third-order valence-corrected chi connectivity index (χ3v) is 5.56. The highest BCUT2D eigenvalue weighted by atomic mass is 16.5. The van der Waals surface area contributed by atoms with Gasteiger partial charge in [0, 0.05) is 11.3 Å². The van der Waals surface area contributed by atoms with Crippen LogP contribution in [0.1, 0.15) is 28.3 Å². The summed E-state index contributed by atoms with van der Waals surface area (Å²) in [5, 5.41) is 11.3. The maximum absolute atomic E-state index is 13.2. The molecule has 1 unspecified atom stereocenters. The molecule has 3 aromatic rings. The van der Waals surface area contributed by atoms with E-state index >= 15 is 0 Å². The van der Waals surface area contributed by atoms with E-state index in [4.69, 9.17) is 4.74 Å². The number of ketones is 1. The fraction of sp³-hybridized carbons (Fsp3) is 0.154. The first kappa shape index (κ1) is 20.4. The van der Waals surface area contributed by atoms with Crippen LogP contribution in [0.5, 0.6) is 5.75 Å². The minimum Gasteiger partial charge on any atom is -0.507 e. The molecule has 0 saturated carbocycles. The lowest BCUT2D eigenvalue weighted by atomic mass is 9.93. The molecule has 1 amide bonds. The lowest BCUT2D eigenvalue weighted by Crippen LogP contribution is -2.29. The smallest absolute Gasteiger partial charge is 0.300 e. The zero-order valence-corrected chi connectivity index (χ0v) is 17.6. The van der Waals surface area contributed by atoms with Crippen LogP contribution in [0.25, 0.3) is 5.76 Å². The molecule has 0 radical (unpaired) electrons. The Labute approximate surface area is 181 Å². The number of nitrogens with zero attached hydrogens (tertiary/aromatic N) is 1. The molecule has 1 aliphatic rings. The van der Waals surface area contributed by atoms with Crippen molar-refractivity contribution in [1.82, 2.24) is 0 Å². The fourth-order valence-corrected chi connectivity index (χ4v) is 3.93. The van der Waals surface area contributed by atoms with E-state index in [0.717, 1.165) is 16.7 Å². The van der Waals surface area contributed by atoms with Gasteiger partial charge in [0.1, 0.15) is 11.5 Å². The number of hydrogen-bond acceptors (Lipinski definition) is 4. The minimum absolute atomic E-state index is 0.0840. The number of rotatable bonds is 4. The van der Waals surface area contributed by atoms with Crippen LogP contribution in [0.4, 0.5) is 5.69 Å². The molecule has 0 bridgehead atoms. The lowest BCUT2D eigenvalue weighted by molar-refractivity contribution is -0.132. The number of hydrogen-bond donors (Lipinski definition) is 1. The Hall–Kier alpha value is -3.86. The average Bonchev–Trinajstić information content (AvgIpc) is 3.06. The van der Waals surface area contributed by atoms with Crippen LogP contribution in [0.3, 0.4) is 0 Å². The SMILES string of the molecule is COc1ccc(N2C(=O)C(=O)/C(=C(/O)c3cc(C)ccc3C)C2c2ccccc2)cc1. The predicted molar refractivity (Wildman–Crippen MR) is 120 cm³/mol. The van der Waals surface area contributed by atoms with Gasteiger partial charge >= 0.3 is 0 Å². The van der Waals surface area contributed by atoms with E-state index in [-0.39, 0.29) is 11.3 Å². The number of benzene rings is 3. The predicted octanol–water partition coefficient (Wildman–Crippen LogP) is 4.94. The van der Waals surface area contributed by atoms with E-state index in [9.17, 15) is 14.7 Å². The van der Waals surface area contributed by atoms with Gasteiger partial charge in [-0.25, -0.2) is 0 Å². The van der Waals surface area contributed by atoms with E-state index in [1.165, 1.54) is 4.90 Å². The summed E-state index contributed by atoms with van der Waals surface area (Å²) >= 11 is 0. The number of aryl methyl sites for hydroxylation is 2. The summed E-state index contributed by atoms with van der Waals surface area (Å²) in [6.07, 6.45) is 0. The molecular weight excluding hydrogens is 390 g/mol. The van der Waals surface area contributed by atoms with Crippen LogP contribution in [0.15, 0.2) is 78.4 Å². The first-order chi connectivity index (χ1) is 14.9. The van der Waals surface area contributed by atoms with Crippen LogP contribution in [0.2, 0.25) is 0 Å². The van der Waals surface area contributed by atoms with Crippen LogP contribution >= 0.6 is 0 Å². The van der Waals surface area contributed by atoms with Crippen LogP contribution in [-0.2, 0) is 9.59 Å². The summed E-state index contributed by atoms with van der Waals surface area (Å²) in [4.78, 5) is 27.8. The number of aliphatic hydroxyl groups excluding tert-OH is 1. The standard InChI is InChI=1S/C26H23NO4/c1-16-9-10-17(2)21(15-16)24(28)22-23(18-7-5-4-6-8-18)27(26(30)25(22)29)19-11-13-20(31-3)14-12-19/h4-15,23,28H,1-3H3/b24-22+. The first-order valence-corrected chi connectivity index (χ1v) is 10.00. The third-order valence-electron chi connectivity index (χ3n) is 5.56. The Bertz CT molecular complexity index is 1180. The molecule has 3 aromatic carbocycles. The molecule has 1 aliphatic heterocycles. The number of Topliss-reactive ketones (excluding diaryl/α,β-unsaturated/α-hetero) is 1. The van der Waals surface area contributed by atoms with E-state index < -0.39 is 17.7 Å². The zero-order chi connectivity index (χ0) is 22.1. The first-order valence-electron chi connectivity index (χ1n) is 10.00. The zero-order valence-electron chi connectivity index (χ0n) is 17.6. The molecule has 31 heavy (non-hydrogen) atoms. The maximum atomic E-state index is 13.2. The molecule has 4 rings (SSSR count). The molecule has 1 heterocycles. The minimum atomic E-state index is -0.741. The van der Waals surface area contributed by atoms with Crippen molar-refractivity contribution in [3.63, 3.8) is 0 Å². The summed E-state index contributed by atoms with van der Waals surface area (Å²) in [5.41, 5.74) is 3.70. The van der Waals surface area contributed by atoms with Gasteiger partial charge in [0.25, 0.3) is 11.7 Å². The van der Waals surface area contributed by atoms with Crippen molar-refractivity contribution < 1.29 is 19.4 Å². The van der Waals surface area contributed by atoms with Gasteiger partial charge in [-0.15, -0.1) is 0 Å². The number of methoxy groups -OCH3 is 1. The molecule has 0 aliphatic carbocycles. The second-order valence-electron chi connectivity index (χ2n) is 7.60. The van der Waals surface area contributed by atoms with Gasteiger partial charge in [0.15, 0.2) is 0 Å². The van der Waals surface area contributed by atoms with Gasteiger partial charge < -0.3 is 9.84 Å². The van der Waals surface area contributed by atoms with E-state index in [1.807, 2.05) is 62.4 Å². The van der Waals surface area contributed by atoms with Crippen LogP contribution in [0, 0.1) is 13.8 Å². The summed E-state index contributed by atoms with van der Waals surface area (Å²) in [7, 11) is 1.56. The van der Waals surface area contributed by atoms with Gasteiger partial charge in [-0.2, -0.15) is 0 Å². The van der Waals surface area contributed by atoms with Crippen LogP contribution < -0.4 is 9.64 Å². The second kappa shape index (κ2) is 8.11. The Balaban J connectivity index is 1.94. The van der Waals surface area contributed by atoms with Gasteiger partial charge in [-0.1, -0.05) is 48.0 Å². The average molecular weight is 413 g/mol. The van der Waals surface area contributed by atoms with Crippen LogP contribution in [-0.4, -0.2) is 23.9 Å².